The van der Waals surface area contributed by atoms with Crippen LogP contribution in [0.1, 0.15) is 24.0 Å². The number of carbonyl (C=O) groups is 1. The first-order valence-corrected chi connectivity index (χ1v) is 10.8. The first-order chi connectivity index (χ1) is 14.7. The Morgan fingerprint density at radius 3 is 2.63 bits per heavy atom. The maximum atomic E-state index is 13.3. The second-order valence-electron chi connectivity index (χ2n) is 8.46. The van der Waals surface area contributed by atoms with Crippen LogP contribution < -0.4 is 14.4 Å². The first-order valence-electron chi connectivity index (χ1n) is 10.8. The molecule has 0 aromatic heterocycles. The number of nitrogens with zero attached hydrogens (tertiary/aromatic N) is 2. The Balaban J connectivity index is 1.38. The minimum Gasteiger partial charge on any atom is -0.486 e. The van der Waals surface area contributed by atoms with Crippen molar-refractivity contribution in [3.8, 4) is 11.5 Å². The lowest BCUT2D eigenvalue weighted by Crippen LogP contribution is -2.53. The zero-order valence-electron chi connectivity index (χ0n) is 17.4. The molecule has 30 heavy (non-hydrogen) atoms. The first kappa shape index (κ1) is 19.2. The highest BCUT2D eigenvalue weighted by Gasteiger charge is 2.37. The summed E-state index contributed by atoms with van der Waals surface area (Å²) in [5.74, 6) is 1.96. The van der Waals surface area contributed by atoms with Crippen LogP contribution in [0.3, 0.4) is 0 Å². The Labute approximate surface area is 177 Å². The molecule has 4 heterocycles. The normalized spacial score (nSPS) is 24.4. The highest BCUT2D eigenvalue weighted by molar-refractivity contribution is 5.87. The van der Waals surface area contributed by atoms with Crippen LogP contribution in [0.4, 0.5) is 10.5 Å². The summed E-state index contributed by atoms with van der Waals surface area (Å²) in [7, 11) is 0. The number of benzene rings is 2. The number of fused-ring (bicyclic) bond motifs is 4. The Morgan fingerprint density at radius 1 is 1.10 bits per heavy atom. The number of hydrogen-bond donors (Lipinski definition) is 0. The van der Waals surface area contributed by atoms with Gasteiger partial charge in [0.1, 0.15) is 19.3 Å². The summed E-state index contributed by atoms with van der Waals surface area (Å²) < 4.78 is 17.4. The van der Waals surface area contributed by atoms with Crippen molar-refractivity contribution < 1.29 is 19.0 Å². The molecule has 0 N–H and O–H groups in total. The fraction of sp³-hybridized carbons (Fsp3) is 0.458. The monoisotopic (exact) mass is 408 g/mol. The molecule has 6 heteroatoms. The van der Waals surface area contributed by atoms with Gasteiger partial charge in [-0.05, 0) is 74.2 Å². The van der Waals surface area contributed by atoms with E-state index in [0.29, 0.717) is 25.7 Å². The molecule has 1 unspecified atom stereocenters. The van der Waals surface area contributed by atoms with Gasteiger partial charge in [-0.25, -0.2) is 4.79 Å². The van der Waals surface area contributed by atoms with E-state index in [1.54, 1.807) is 4.90 Å². The van der Waals surface area contributed by atoms with Gasteiger partial charge in [0.15, 0.2) is 11.5 Å². The average Bonchev–Trinajstić information content (AvgIpc) is 2.78. The molecule has 0 spiro atoms. The molecule has 2 aromatic carbocycles. The molecule has 6 rings (SSSR count). The number of anilines is 1. The molecule has 0 radical (unpaired) electrons. The standard InChI is InChI=1S/C24H28N2O4/c1-17-3-2-4-20(13-17)26(15-18-5-6-21-22(14-18)29-12-11-28-21)24(27)30-23-16-25-9-7-19(23)8-10-25/h2-6,13-14,19,23H,7-12,15-16H2,1H3. The maximum Gasteiger partial charge on any atom is 0.414 e. The van der Waals surface area contributed by atoms with Crippen LogP contribution in [-0.4, -0.2) is 49.9 Å². The maximum absolute atomic E-state index is 13.3. The van der Waals surface area contributed by atoms with Crippen molar-refractivity contribution in [3.05, 3.63) is 53.6 Å². The van der Waals surface area contributed by atoms with Gasteiger partial charge in [-0.15, -0.1) is 0 Å². The largest absolute Gasteiger partial charge is 0.486 e. The van der Waals surface area contributed by atoms with Crippen molar-refractivity contribution in [3.63, 3.8) is 0 Å². The third kappa shape index (κ3) is 3.97. The van der Waals surface area contributed by atoms with Gasteiger partial charge in [0.05, 0.1) is 6.54 Å². The smallest absolute Gasteiger partial charge is 0.414 e. The zero-order valence-corrected chi connectivity index (χ0v) is 17.4. The minimum absolute atomic E-state index is 0.0208. The Morgan fingerprint density at radius 2 is 1.90 bits per heavy atom. The third-order valence-corrected chi connectivity index (χ3v) is 6.33. The second-order valence-corrected chi connectivity index (χ2v) is 8.46. The molecule has 2 aromatic rings. The van der Waals surface area contributed by atoms with Crippen LogP contribution >= 0.6 is 0 Å². The van der Waals surface area contributed by atoms with Crippen molar-refractivity contribution in [2.75, 3.05) is 37.7 Å². The van der Waals surface area contributed by atoms with Crippen molar-refractivity contribution in [2.45, 2.75) is 32.4 Å². The molecule has 4 aliphatic rings. The van der Waals surface area contributed by atoms with Crippen LogP contribution in [0.2, 0.25) is 0 Å². The summed E-state index contributed by atoms with van der Waals surface area (Å²) in [6.07, 6.45) is 1.93. The van der Waals surface area contributed by atoms with Crippen LogP contribution in [0.15, 0.2) is 42.5 Å². The molecule has 6 nitrogen and oxygen atoms in total. The van der Waals surface area contributed by atoms with E-state index in [2.05, 4.69) is 4.90 Å². The van der Waals surface area contributed by atoms with E-state index >= 15 is 0 Å². The molecule has 0 aliphatic carbocycles. The van der Waals surface area contributed by atoms with Gasteiger partial charge in [0, 0.05) is 12.2 Å². The van der Waals surface area contributed by atoms with E-state index in [0.717, 1.165) is 60.8 Å². The van der Waals surface area contributed by atoms with Gasteiger partial charge in [-0.2, -0.15) is 0 Å². The number of amides is 1. The van der Waals surface area contributed by atoms with E-state index in [1.807, 2.05) is 49.4 Å². The molecule has 3 fully saturated rings. The van der Waals surface area contributed by atoms with E-state index < -0.39 is 0 Å². The van der Waals surface area contributed by atoms with Gasteiger partial charge in [0.2, 0.25) is 0 Å². The lowest BCUT2D eigenvalue weighted by Gasteiger charge is -2.44. The van der Waals surface area contributed by atoms with E-state index in [9.17, 15) is 4.79 Å². The van der Waals surface area contributed by atoms with Crippen molar-refractivity contribution in [1.29, 1.82) is 0 Å². The lowest BCUT2D eigenvalue weighted by atomic mass is 9.86. The van der Waals surface area contributed by atoms with Crippen LogP contribution in [0, 0.1) is 12.8 Å². The predicted molar refractivity (Wildman–Crippen MR) is 114 cm³/mol. The molecule has 1 amide bonds. The predicted octanol–water partition coefficient (Wildman–Crippen LogP) is 4.00. The highest BCUT2D eigenvalue weighted by atomic mass is 16.6. The number of ether oxygens (including phenoxy) is 3. The number of piperidine rings is 3. The van der Waals surface area contributed by atoms with Gasteiger partial charge in [0.25, 0.3) is 0 Å². The molecule has 1 atom stereocenters. The summed E-state index contributed by atoms with van der Waals surface area (Å²) in [4.78, 5) is 17.5. The highest BCUT2D eigenvalue weighted by Crippen LogP contribution is 2.33. The number of rotatable bonds is 4. The van der Waals surface area contributed by atoms with Crippen molar-refractivity contribution in [1.82, 2.24) is 4.90 Å². The lowest BCUT2D eigenvalue weighted by molar-refractivity contribution is -0.0311. The summed E-state index contributed by atoms with van der Waals surface area (Å²) >= 11 is 0. The fourth-order valence-electron chi connectivity index (χ4n) is 4.66. The average molecular weight is 408 g/mol. The van der Waals surface area contributed by atoms with E-state index in [-0.39, 0.29) is 12.2 Å². The third-order valence-electron chi connectivity index (χ3n) is 6.33. The SMILES string of the molecule is Cc1cccc(N(Cc2ccc3c(c2)OCCO3)C(=O)OC2CN3CCC2CC3)c1. The number of carbonyl (C=O) groups excluding carboxylic acids is 1. The number of hydrogen-bond acceptors (Lipinski definition) is 5. The molecule has 3 saturated heterocycles. The fourth-order valence-corrected chi connectivity index (χ4v) is 4.66. The van der Waals surface area contributed by atoms with Crippen molar-refractivity contribution in [2.24, 2.45) is 5.92 Å². The van der Waals surface area contributed by atoms with Crippen LogP contribution in [0.25, 0.3) is 0 Å². The molecule has 4 aliphatic heterocycles. The van der Waals surface area contributed by atoms with E-state index in [1.165, 1.54) is 0 Å². The summed E-state index contributed by atoms with van der Waals surface area (Å²) in [6, 6.07) is 13.8. The Hall–Kier alpha value is -2.73. The molecular formula is C24H28N2O4. The molecule has 2 bridgehead atoms. The van der Waals surface area contributed by atoms with Crippen LogP contribution in [-0.2, 0) is 11.3 Å². The Bertz CT molecular complexity index is 923. The van der Waals surface area contributed by atoms with Crippen molar-refractivity contribution >= 4 is 11.8 Å². The van der Waals surface area contributed by atoms with E-state index in [4.69, 9.17) is 14.2 Å². The minimum atomic E-state index is -0.283. The topological polar surface area (TPSA) is 51.2 Å². The molecular weight excluding hydrogens is 380 g/mol. The van der Waals surface area contributed by atoms with Crippen LogP contribution in [0.5, 0.6) is 11.5 Å². The molecule has 158 valence electrons. The van der Waals surface area contributed by atoms with Gasteiger partial charge < -0.3 is 14.2 Å². The second kappa shape index (κ2) is 8.19. The quantitative estimate of drug-likeness (QED) is 0.765. The summed E-state index contributed by atoms with van der Waals surface area (Å²) in [6.45, 7) is 6.65. The number of aryl methyl sites for hydroxylation is 1. The van der Waals surface area contributed by atoms with Gasteiger partial charge in [-0.3, -0.25) is 9.80 Å². The zero-order chi connectivity index (χ0) is 20.5. The summed E-state index contributed by atoms with van der Waals surface area (Å²) in [5, 5.41) is 0. The summed E-state index contributed by atoms with van der Waals surface area (Å²) in [5.41, 5.74) is 2.93. The molecule has 0 saturated carbocycles. The van der Waals surface area contributed by atoms with Gasteiger partial charge in [-0.1, -0.05) is 18.2 Å². The Kier molecular flexibility index (Phi) is 5.25. The van der Waals surface area contributed by atoms with Gasteiger partial charge >= 0.3 is 6.09 Å².